The van der Waals surface area contributed by atoms with Gasteiger partial charge in [-0.05, 0) is 23.8 Å². The summed E-state index contributed by atoms with van der Waals surface area (Å²) in [5.74, 6) is -1.50. The number of nitrogens with one attached hydrogen (secondary N) is 3. The SMILES string of the molecule is CC(=O)Nc1ccc(O)c(C(=O)NCC(=O)NCc2ccccc2)c1. The Morgan fingerprint density at radius 3 is 2.40 bits per heavy atom. The molecule has 25 heavy (non-hydrogen) atoms. The van der Waals surface area contributed by atoms with Crippen molar-refractivity contribution in [3.05, 3.63) is 59.7 Å². The third kappa shape index (κ3) is 5.65. The van der Waals surface area contributed by atoms with Crippen molar-refractivity contribution in [2.24, 2.45) is 0 Å². The summed E-state index contributed by atoms with van der Waals surface area (Å²) >= 11 is 0. The molecule has 7 heteroatoms. The normalized spacial score (nSPS) is 9.96. The Labute approximate surface area is 145 Å². The van der Waals surface area contributed by atoms with Gasteiger partial charge in [0.1, 0.15) is 5.75 Å². The molecule has 2 rings (SSSR count). The molecule has 0 saturated heterocycles. The minimum Gasteiger partial charge on any atom is -0.507 e. The molecule has 4 N–H and O–H groups in total. The molecule has 0 heterocycles. The summed E-state index contributed by atoms with van der Waals surface area (Å²) in [6.07, 6.45) is 0. The van der Waals surface area contributed by atoms with E-state index in [4.69, 9.17) is 0 Å². The molecule has 0 spiro atoms. The van der Waals surface area contributed by atoms with Crippen molar-refractivity contribution in [1.29, 1.82) is 0 Å². The van der Waals surface area contributed by atoms with Gasteiger partial charge in [-0.2, -0.15) is 0 Å². The van der Waals surface area contributed by atoms with Crippen molar-refractivity contribution in [2.75, 3.05) is 11.9 Å². The number of phenols is 1. The molecule has 0 fully saturated rings. The quantitative estimate of drug-likeness (QED) is 0.596. The van der Waals surface area contributed by atoms with Crippen molar-refractivity contribution in [3.63, 3.8) is 0 Å². The predicted octanol–water partition coefficient (Wildman–Crippen LogP) is 1.40. The number of carbonyl (C=O) groups excluding carboxylic acids is 3. The lowest BCUT2D eigenvalue weighted by Crippen LogP contribution is -2.36. The van der Waals surface area contributed by atoms with Crippen LogP contribution in [0.15, 0.2) is 48.5 Å². The average molecular weight is 341 g/mol. The van der Waals surface area contributed by atoms with Crippen LogP contribution in [0.2, 0.25) is 0 Å². The van der Waals surface area contributed by atoms with Crippen LogP contribution in [0.3, 0.4) is 0 Å². The van der Waals surface area contributed by atoms with Crippen molar-refractivity contribution in [1.82, 2.24) is 10.6 Å². The Morgan fingerprint density at radius 1 is 1.00 bits per heavy atom. The maximum atomic E-state index is 12.1. The second-order valence-electron chi connectivity index (χ2n) is 5.36. The Bertz CT molecular complexity index is 775. The number of aromatic hydroxyl groups is 1. The van der Waals surface area contributed by atoms with E-state index in [2.05, 4.69) is 16.0 Å². The van der Waals surface area contributed by atoms with E-state index in [-0.39, 0.29) is 29.7 Å². The van der Waals surface area contributed by atoms with E-state index in [0.717, 1.165) is 5.56 Å². The first-order chi connectivity index (χ1) is 12.0. The summed E-state index contributed by atoms with van der Waals surface area (Å²) in [7, 11) is 0. The minimum absolute atomic E-state index is 0.0258. The van der Waals surface area contributed by atoms with Gasteiger partial charge in [-0.15, -0.1) is 0 Å². The highest BCUT2D eigenvalue weighted by molar-refractivity contribution is 6.00. The van der Waals surface area contributed by atoms with Crippen molar-refractivity contribution < 1.29 is 19.5 Å². The molecule has 0 aliphatic heterocycles. The zero-order valence-corrected chi connectivity index (χ0v) is 13.7. The van der Waals surface area contributed by atoms with Crippen LogP contribution in [0, 0.1) is 0 Å². The molecule has 3 amide bonds. The molecule has 0 aliphatic carbocycles. The van der Waals surface area contributed by atoms with Crippen LogP contribution >= 0.6 is 0 Å². The van der Waals surface area contributed by atoms with Crippen LogP contribution in [-0.2, 0) is 16.1 Å². The van der Waals surface area contributed by atoms with Crippen LogP contribution in [0.25, 0.3) is 0 Å². The van der Waals surface area contributed by atoms with E-state index >= 15 is 0 Å². The summed E-state index contributed by atoms with van der Waals surface area (Å²) in [5.41, 5.74) is 1.30. The van der Waals surface area contributed by atoms with E-state index in [1.807, 2.05) is 30.3 Å². The third-order valence-electron chi connectivity index (χ3n) is 3.30. The number of hydrogen-bond donors (Lipinski definition) is 4. The summed E-state index contributed by atoms with van der Waals surface area (Å²) in [6.45, 7) is 1.47. The smallest absolute Gasteiger partial charge is 0.255 e. The number of phenolic OH excluding ortho intramolecular Hbond substituents is 1. The van der Waals surface area contributed by atoms with Gasteiger partial charge in [0.2, 0.25) is 11.8 Å². The zero-order valence-electron chi connectivity index (χ0n) is 13.7. The monoisotopic (exact) mass is 341 g/mol. The Morgan fingerprint density at radius 2 is 1.72 bits per heavy atom. The molecule has 0 unspecified atom stereocenters. The van der Waals surface area contributed by atoms with Gasteiger partial charge in [0.15, 0.2) is 0 Å². The third-order valence-corrected chi connectivity index (χ3v) is 3.30. The highest BCUT2D eigenvalue weighted by Gasteiger charge is 2.13. The average Bonchev–Trinajstić information content (AvgIpc) is 2.60. The highest BCUT2D eigenvalue weighted by atomic mass is 16.3. The van der Waals surface area contributed by atoms with E-state index in [9.17, 15) is 19.5 Å². The fraction of sp³-hybridized carbons (Fsp3) is 0.167. The van der Waals surface area contributed by atoms with Crippen molar-refractivity contribution >= 4 is 23.4 Å². The van der Waals surface area contributed by atoms with Crippen molar-refractivity contribution in [3.8, 4) is 5.75 Å². The number of rotatable bonds is 6. The molecule has 2 aromatic rings. The maximum absolute atomic E-state index is 12.1. The van der Waals surface area contributed by atoms with Gasteiger partial charge in [0, 0.05) is 19.2 Å². The van der Waals surface area contributed by atoms with Crippen LogP contribution < -0.4 is 16.0 Å². The maximum Gasteiger partial charge on any atom is 0.255 e. The molecule has 0 saturated carbocycles. The number of carbonyl (C=O) groups is 3. The fourth-order valence-corrected chi connectivity index (χ4v) is 2.11. The molecule has 130 valence electrons. The molecule has 0 bridgehead atoms. The van der Waals surface area contributed by atoms with Gasteiger partial charge in [-0.25, -0.2) is 0 Å². The first-order valence-electron chi connectivity index (χ1n) is 7.65. The van der Waals surface area contributed by atoms with E-state index in [0.29, 0.717) is 12.2 Å². The fourth-order valence-electron chi connectivity index (χ4n) is 2.11. The lowest BCUT2D eigenvalue weighted by atomic mass is 10.1. The molecule has 2 aromatic carbocycles. The molecular formula is C18H19N3O4. The van der Waals surface area contributed by atoms with Crippen LogP contribution in [0.1, 0.15) is 22.8 Å². The molecular weight excluding hydrogens is 322 g/mol. The van der Waals surface area contributed by atoms with E-state index in [1.54, 1.807) is 0 Å². The highest BCUT2D eigenvalue weighted by Crippen LogP contribution is 2.21. The number of anilines is 1. The summed E-state index contributed by atoms with van der Waals surface area (Å²) in [6, 6.07) is 13.5. The van der Waals surface area contributed by atoms with Gasteiger partial charge in [-0.1, -0.05) is 30.3 Å². The molecule has 0 aliphatic rings. The van der Waals surface area contributed by atoms with Gasteiger partial charge >= 0.3 is 0 Å². The Hall–Kier alpha value is -3.35. The Balaban J connectivity index is 1.89. The van der Waals surface area contributed by atoms with Crippen LogP contribution in [-0.4, -0.2) is 29.4 Å². The standard InChI is InChI=1S/C18H19N3O4/c1-12(22)21-14-7-8-16(23)15(9-14)18(25)20-11-17(24)19-10-13-5-3-2-4-6-13/h2-9,23H,10-11H2,1H3,(H,19,24)(H,20,25)(H,21,22). The van der Waals surface area contributed by atoms with Gasteiger partial charge < -0.3 is 21.1 Å². The first-order valence-corrected chi connectivity index (χ1v) is 7.65. The molecule has 0 atom stereocenters. The summed E-state index contributed by atoms with van der Waals surface area (Å²) < 4.78 is 0. The Kier molecular flexibility index (Phi) is 6.11. The number of amides is 3. The number of benzene rings is 2. The minimum atomic E-state index is -0.612. The number of hydrogen-bond acceptors (Lipinski definition) is 4. The van der Waals surface area contributed by atoms with Gasteiger partial charge in [-0.3, -0.25) is 14.4 Å². The first kappa shape index (κ1) is 18.0. The molecule has 0 aromatic heterocycles. The summed E-state index contributed by atoms with van der Waals surface area (Å²) in [5, 5.41) is 17.4. The van der Waals surface area contributed by atoms with Crippen molar-refractivity contribution in [2.45, 2.75) is 13.5 Å². The zero-order chi connectivity index (χ0) is 18.2. The topological polar surface area (TPSA) is 108 Å². The van der Waals surface area contributed by atoms with Crippen LogP contribution in [0.4, 0.5) is 5.69 Å². The van der Waals surface area contributed by atoms with Gasteiger partial charge in [0.25, 0.3) is 5.91 Å². The van der Waals surface area contributed by atoms with Crippen LogP contribution in [0.5, 0.6) is 5.75 Å². The predicted molar refractivity (Wildman–Crippen MR) is 93.0 cm³/mol. The lowest BCUT2D eigenvalue weighted by molar-refractivity contribution is -0.120. The summed E-state index contributed by atoms with van der Waals surface area (Å²) in [4.78, 5) is 35.0. The second-order valence-corrected chi connectivity index (χ2v) is 5.36. The largest absolute Gasteiger partial charge is 0.507 e. The molecule has 7 nitrogen and oxygen atoms in total. The second kappa shape index (κ2) is 8.49. The van der Waals surface area contributed by atoms with E-state index < -0.39 is 5.91 Å². The van der Waals surface area contributed by atoms with E-state index in [1.165, 1.54) is 25.1 Å². The van der Waals surface area contributed by atoms with Gasteiger partial charge in [0.05, 0.1) is 12.1 Å². The lowest BCUT2D eigenvalue weighted by Gasteiger charge is -2.10. The molecule has 0 radical (unpaired) electrons.